The Morgan fingerprint density at radius 2 is 0.935 bits per heavy atom. The summed E-state index contributed by atoms with van der Waals surface area (Å²) in [6, 6.07) is 19.1. The summed E-state index contributed by atoms with van der Waals surface area (Å²) in [5, 5.41) is 0. The largest absolute Gasteiger partial charge is 0.274 e. The molecule has 0 fully saturated rings. The number of hydrogen-bond donors (Lipinski definition) is 0. The van der Waals surface area contributed by atoms with Crippen molar-refractivity contribution in [3.05, 3.63) is 71.8 Å². The Hall–Kier alpha value is -2.68. The zero-order chi connectivity index (χ0) is 21.9. The minimum Gasteiger partial charge on any atom is -0.274 e. The molecule has 164 valence electrons. The van der Waals surface area contributed by atoms with Crippen molar-refractivity contribution in [1.82, 2.24) is 4.90 Å². The van der Waals surface area contributed by atoms with Crippen molar-refractivity contribution < 1.29 is 9.59 Å². The number of rotatable bonds is 13. The molecule has 0 spiro atoms. The summed E-state index contributed by atoms with van der Waals surface area (Å²) in [6.45, 7) is 2.75. The van der Waals surface area contributed by atoms with Crippen molar-refractivity contribution in [1.29, 1.82) is 0 Å². The lowest BCUT2D eigenvalue weighted by molar-refractivity contribution is -0.136. The SMILES string of the molecule is CCCCCCCCCCCCN1C(=O)C(c2ccccc2)=C(c2ccccc2)C1=O. The summed E-state index contributed by atoms with van der Waals surface area (Å²) in [7, 11) is 0. The van der Waals surface area contributed by atoms with Gasteiger partial charge in [-0.2, -0.15) is 0 Å². The van der Waals surface area contributed by atoms with Gasteiger partial charge in [0.2, 0.25) is 0 Å². The fourth-order valence-corrected chi connectivity index (χ4v) is 4.28. The van der Waals surface area contributed by atoms with Crippen LogP contribution in [0.15, 0.2) is 60.7 Å². The summed E-state index contributed by atoms with van der Waals surface area (Å²) in [5.74, 6) is -0.322. The van der Waals surface area contributed by atoms with Crippen LogP contribution < -0.4 is 0 Å². The van der Waals surface area contributed by atoms with E-state index in [2.05, 4.69) is 6.92 Å². The second-order valence-electron chi connectivity index (χ2n) is 8.43. The first-order valence-electron chi connectivity index (χ1n) is 12.0. The Labute approximate surface area is 187 Å². The maximum absolute atomic E-state index is 13.2. The van der Waals surface area contributed by atoms with Crippen LogP contribution in [0.3, 0.4) is 0 Å². The van der Waals surface area contributed by atoms with Crippen LogP contribution in [0.5, 0.6) is 0 Å². The molecule has 3 heteroatoms. The molecule has 0 atom stereocenters. The Morgan fingerprint density at radius 3 is 1.35 bits per heavy atom. The van der Waals surface area contributed by atoms with Crippen molar-refractivity contribution in [3.8, 4) is 0 Å². The molecule has 1 aliphatic rings. The van der Waals surface area contributed by atoms with E-state index in [0.29, 0.717) is 17.7 Å². The maximum atomic E-state index is 13.2. The van der Waals surface area contributed by atoms with E-state index in [1.807, 2.05) is 60.7 Å². The van der Waals surface area contributed by atoms with Crippen LogP contribution in [0, 0.1) is 0 Å². The van der Waals surface area contributed by atoms with Crippen LogP contribution in [0.4, 0.5) is 0 Å². The van der Waals surface area contributed by atoms with Crippen molar-refractivity contribution in [2.45, 2.75) is 71.1 Å². The van der Waals surface area contributed by atoms with E-state index < -0.39 is 0 Å². The van der Waals surface area contributed by atoms with E-state index >= 15 is 0 Å². The van der Waals surface area contributed by atoms with E-state index in [9.17, 15) is 9.59 Å². The molecular formula is C28H35NO2. The van der Waals surface area contributed by atoms with Gasteiger partial charge in [0.1, 0.15) is 0 Å². The lowest BCUT2D eigenvalue weighted by Crippen LogP contribution is -2.32. The quantitative estimate of drug-likeness (QED) is 0.263. The molecule has 0 saturated heterocycles. The van der Waals surface area contributed by atoms with Gasteiger partial charge in [0.25, 0.3) is 11.8 Å². The number of unbranched alkanes of at least 4 members (excludes halogenated alkanes) is 9. The van der Waals surface area contributed by atoms with Gasteiger partial charge in [-0.25, -0.2) is 0 Å². The van der Waals surface area contributed by atoms with Gasteiger partial charge in [0.15, 0.2) is 0 Å². The molecule has 3 nitrogen and oxygen atoms in total. The second kappa shape index (κ2) is 12.2. The van der Waals surface area contributed by atoms with Crippen LogP contribution in [-0.4, -0.2) is 23.3 Å². The highest BCUT2D eigenvalue weighted by Gasteiger charge is 2.38. The smallest absolute Gasteiger partial charge is 0.262 e. The van der Waals surface area contributed by atoms with E-state index in [1.54, 1.807) is 0 Å². The van der Waals surface area contributed by atoms with Crippen molar-refractivity contribution in [3.63, 3.8) is 0 Å². The maximum Gasteiger partial charge on any atom is 0.262 e. The summed E-state index contributed by atoms with van der Waals surface area (Å²) in [6.07, 6.45) is 12.3. The molecule has 0 saturated carbocycles. The van der Waals surface area contributed by atoms with Crippen LogP contribution in [0.1, 0.15) is 82.3 Å². The molecule has 1 heterocycles. The molecule has 0 aromatic heterocycles. The molecule has 0 unspecified atom stereocenters. The van der Waals surface area contributed by atoms with Crippen LogP contribution in [0.25, 0.3) is 11.1 Å². The first-order chi connectivity index (χ1) is 15.2. The minimum atomic E-state index is -0.161. The summed E-state index contributed by atoms with van der Waals surface area (Å²) >= 11 is 0. The van der Waals surface area contributed by atoms with Gasteiger partial charge in [-0.15, -0.1) is 0 Å². The van der Waals surface area contributed by atoms with Gasteiger partial charge in [-0.05, 0) is 17.5 Å². The lowest BCUT2D eigenvalue weighted by atomic mass is 9.96. The first kappa shape index (κ1) is 23.0. The Kier molecular flexibility index (Phi) is 9.08. The number of benzene rings is 2. The summed E-state index contributed by atoms with van der Waals surface area (Å²) in [4.78, 5) is 27.9. The van der Waals surface area contributed by atoms with E-state index in [0.717, 1.165) is 24.0 Å². The highest BCUT2D eigenvalue weighted by Crippen LogP contribution is 2.35. The third-order valence-corrected chi connectivity index (χ3v) is 6.03. The molecule has 1 aliphatic heterocycles. The Bertz CT molecular complexity index is 809. The zero-order valence-corrected chi connectivity index (χ0v) is 18.8. The number of nitrogens with zero attached hydrogens (tertiary/aromatic N) is 1. The van der Waals surface area contributed by atoms with E-state index in [1.165, 1.54) is 56.3 Å². The summed E-state index contributed by atoms with van der Waals surface area (Å²) in [5.41, 5.74) is 2.68. The van der Waals surface area contributed by atoms with Gasteiger partial charge in [0, 0.05) is 6.54 Å². The molecule has 0 bridgehead atoms. The van der Waals surface area contributed by atoms with Crippen molar-refractivity contribution in [2.75, 3.05) is 6.54 Å². The standard InChI is InChI=1S/C28H35NO2/c1-2-3-4-5-6-7-8-9-10-17-22-29-27(30)25(23-18-13-11-14-19-23)26(28(29)31)24-20-15-12-16-21-24/h11-16,18-21H,2-10,17,22H2,1H3. The van der Waals surface area contributed by atoms with Gasteiger partial charge in [-0.1, -0.05) is 125 Å². The Morgan fingerprint density at radius 1 is 0.548 bits per heavy atom. The average Bonchev–Trinajstić information content (AvgIpc) is 3.06. The van der Waals surface area contributed by atoms with Crippen LogP contribution in [0.2, 0.25) is 0 Å². The van der Waals surface area contributed by atoms with Crippen molar-refractivity contribution >= 4 is 23.0 Å². The molecule has 0 aliphatic carbocycles. The van der Waals surface area contributed by atoms with Gasteiger partial charge in [-0.3, -0.25) is 14.5 Å². The van der Waals surface area contributed by atoms with Gasteiger partial charge in [0.05, 0.1) is 11.1 Å². The molecule has 31 heavy (non-hydrogen) atoms. The highest BCUT2D eigenvalue weighted by molar-refractivity contribution is 6.48. The molecule has 3 rings (SSSR count). The number of carbonyl (C=O) groups excluding carboxylic acids is 2. The van der Waals surface area contributed by atoms with E-state index in [4.69, 9.17) is 0 Å². The third-order valence-electron chi connectivity index (χ3n) is 6.03. The number of imide groups is 1. The predicted molar refractivity (Wildman–Crippen MR) is 128 cm³/mol. The topological polar surface area (TPSA) is 37.4 Å². The minimum absolute atomic E-state index is 0.161. The number of carbonyl (C=O) groups is 2. The van der Waals surface area contributed by atoms with Crippen LogP contribution >= 0.6 is 0 Å². The monoisotopic (exact) mass is 417 g/mol. The third kappa shape index (κ3) is 6.16. The first-order valence-corrected chi connectivity index (χ1v) is 12.0. The second-order valence-corrected chi connectivity index (χ2v) is 8.43. The normalized spacial score (nSPS) is 14.0. The Balaban J connectivity index is 1.57. The molecule has 0 N–H and O–H groups in total. The fourth-order valence-electron chi connectivity index (χ4n) is 4.28. The fraction of sp³-hybridized carbons (Fsp3) is 0.429. The van der Waals surface area contributed by atoms with Gasteiger partial charge >= 0.3 is 0 Å². The predicted octanol–water partition coefficient (Wildman–Crippen LogP) is 6.89. The number of amides is 2. The molecule has 2 aromatic carbocycles. The highest BCUT2D eigenvalue weighted by atomic mass is 16.2. The average molecular weight is 418 g/mol. The number of hydrogen-bond acceptors (Lipinski definition) is 2. The lowest BCUT2D eigenvalue weighted by Gasteiger charge is -2.15. The molecule has 2 amide bonds. The van der Waals surface area contributed by atoms with Crippen molar-refractivity contribution in [2.24, 2.45) is 0 Å². The summed E-state index contributed by atoms with van der Waals surface area (Å²) < 4.78 is 0. The molecule has 2 aromatic rings. The molecular weight excluding hydrogens is 382 g/mol. The van der Waals surface area contributed by atoms with Crippen LogP contribution in [-0.2, 0) is 9.59 Å². The van der Waals surface area contributed by atoms with E-state index in [-0.39, 0.29) is 11.8 Å². The zero-order valence-electron chi connectivity index (χ0n) is 18.8. The molecule has 0 radical (unpaired) electrons. The van der Waals surface area contributed by atoms with Gasteiger partial charge < -0.3 is 0 Å².